The molecule has 92 valence electrons. The molecule has 1 aromatic carbocycles. The highest BCUT2D eigenvalue weighted by Gasteiger charge is 2.10. The Morgan fingerprint density at radius 3 is 2.53 bits per heavy atom. The van der Waals surface area contributed by atoms with Crippen LogP contribution in [0.15, 0.2) is 76.9 Å². The lowest BCUT2D eigenvalue weighted by Crippen LogP contribution is -1.85. The van der Waals surface area contributed by atoms with Crippen LogP contribution in [-0.2, 0) is 0 Å². The quantitative estimate of drug-likeness (QED) is 0.685. The van der Waals surface area contributed by atoms with E-state index in [2.05, 4.69) is 23.9 Å². The van der Waals surface area contributed by atoms with Crippen molar-refractivity contribution in [3.63, 3.8) is 0 Å². The number of hydrogen-bond donors (Lipinski definition) is 0. The van der Waals surface area contributed by atoms with Crippen LogP contribution in [0, 0.1) is 6.92 Å². The van der Waals surface area contributed by atoms with Gasteiger partial charge in [-0.3, -0.25) is 0 Å². The number of benzene rings is 1. The molecular formula is C18H14O. The molecule has 0 unspecified atom stereocenters. The molecule has 19 heavy (non-hydrogen) atoms. The molecular weight excluding hydrogens is 232 g/mol. The normalized spacial score (nSPS) is 13.4. The zero-order valence-electron chi connectivity index (χ0n) is 10.8. The van der Waals surface area contributed by atoms with Crippen LogP contribution < -0.4 is 0 Å². The van der Waals surface area contributed by atoms with Gasteiger partial charge in [-0.2, -0.15) is 0 Å². The molecule has 0 saturated heterocycles. The Labute approximate surface area is 112 Å². The first-order chi connectivity index (χ1) is 9.34. The molecule has 0 fully saturated rings. The molecule has 1 aromatic heterocycles. The predicted octanol–water partition coefficient (Wildman–Crippen LogP) is 4.92. The molecule has 2 aromatic rings. The van der Waals surface area contributed by atoms with Gasteiger partial charge >= 0.3 is 0 Å². The van der Waals surface area contributed by atoms with Gasteiger partial charge in [0.15, 0.2) is 0 Å². The van der Waals surface area contributed by atoms with Crippen LogP contribution in [0.3, 0.4) is 0 Å². The van der Waals surface area contributed by atoms with Gasteiger partial charge in [0.1, 0.15) is 11.5 Å². The topological polar surface area (TPSA) is 13.1 Å². The average Bonchev–Trinajstić information content (AvgIpc) is 2.71. The minimum Gasteiger partial charge on any atom is -0.461 e. The van der Waals surface area contributed by atoms with Gasteiger partial charge < -0.3 is 4.42 Å². The van der Waals surface area contributed by atoms with E-state index in [1.165, 1.54) is 0 Å². The van der Waals surface area contributed by atoms with Gasteiger partial charge in [-0.25, -0.2) is 0 Å². The van der Waals surface area contributed by atoms with Crippen molar-refractivity contribution in [3.05, 3.63) is 83.8 Å². The highest BCUT2D eigenvalue weighted by atomic mass is 16.3. The molecule has 1 heterocycles. The lowest BCUT2D eigenvalue weighted by atomic mass is 9.98. The van der Waals surface area contributed by atoms with E-state index in [1.54, 1.807) is 0 Å². The zero-order valence-corrected chi connectivity index (χ0v) is 10.8. The first kappa shape index (κ1) is 11.6. The Bertz CT molecular complexity index is 720. The van der Waals surface area contributed by atoms with Gasteiger partial charge in [-0.1, -0.05) is 42.5 Å². The van der Waals surface area contributed by atoms with Crippen molar-refractivity contribution < 1.29 is 4.42 Å². The van der Waals surface area contributed by atoms with Crippen LogP contribution in [0.1, 0.15) is 11.3 Å². The van der Waals surface area contributed by atoms with Gasteiger partial charge in [-0.05, 0) is 31.2 Å². The summed E-state index contributed by atoms with van der Waals surface area (Å²) in [5.74, 6) is 1.82. The molecule has 0 N–H and O–H groups in total. The van der Waals surface area contributed by atoms with Gasteiger partial charge in [0.25, 0.3) is 0 Å². The van der Waals surface area contributed by atoms with E-state index in [4.69, 9.17) is 4.42 Å². The Hall–Kier alpha value is -2.50. The average molecular weight is 246 g/mol. The van der Waals surface area contributed by atoms with Gasteiger partial charge in [-0.15, -0.1) is 5.73 Å². The van der Waals surface area contributed by atoms with E-state index in [9.17, 15) is 0 Å². The summed E-state index contributed by atoms with van der Waals surface area (Å²) in [4.78, 5) is 0. The van der Waals surface area contributed by atoms with Gasteiger partial charge in [0, 0.05) is 16.7 Å². The molecule has 0 atom stereocenters. The van der Waals surface area contributed by atoms with Crippen LogP contribution in [0.5, 0.6) is 0 Å². The highest BCUT2D eigenvalue weighted by Crippen LogP contribution is 2.30. The molecule has 0 amide bonds. The number of allylic oxidation sites excluding steroid dienone is 5. The second kappa shape index (κ2) is 5.01. The van der Waals surface area contributed by atoms with Gasteiger partial charge in [0.2, 0.25) is 0 Å². The van der Waals surface area contributed by atoms with Crippen LogP contribution >= 0.6 is 0 Å². The molecule has 0 spiro atoms. The Morgan fingerprint density at radius 2 is 1.74 bits per heavy atom. The summed E-state index contributed by atoms with van der Waals surface area (Å²) in [6.45, 7) is 1.96. The first-order valence-electron chi connectivity index (χ1n) is 6.31. The van der Waals surface area contributed by atoms with Crippen LogP contribution in [-0.4, -0.2) is 0 Å². The summed E-state index contributed by atoms with van der Waals surface area (Å²) in [5.41, 5.74) is 6.58. The maximum absolute atomic E-state index is 5.74. The molecule has 0 saturated carbocycles. The van der Waals surface area contributed by atoms with Gasteiger partial charge in [0.05, 0.1) is 0 Å². The lowest BCUT2D eigenvalue weighted by molar-refractivity contribution is 0.548. The molecule has 1 aliphatic carbocycles. The minimum absolute atomic E-state index is 0.896. The largest absolute Gasteiger partial charge is 0.461 e. The van der Waals surface area contributed by atoms with E-state index in [0.717, 1.165) is 28.2 Å². The molecule has 0 radical (unpaired) electrons. The van der Waals surface area contributed by atoms with Crippen molar-refractivity contribution in [2.45, 2.75) is 6.92 Å². The maximum Gasteiger partial charge on any atom is 0.134 e. The molecule has 1 aliphatic rings. The summed E-state index contributed by atoms with van der Waals surface area (Å²) < 4.78 is 5.74. The number of rotatable bonds is 2. The third-order valence-electron chi connectivity index (χ3n) is 3.04. The van der Waals surface area contributed by atoms with Crippen molar-refractivity contribution in [2.24, 2.45) is 0 Å². The fraction of sp³-hybridized carbons (Fsp3) is 0.0556. The fourth-order valence-corrected chi connectivity index (χ4v) is 2.14. The smallest absolute Gasteiger partial charge is 0.134 e. The monoisotopic (exact) mass is 246 g/mol. The number of aryl methyl sites for hydroxylation is 1. The Kier molecular flexibility index (Phi) is 3.06. The third-order valence-corrected chi connectivity index (χ3v) is 3.04. The molecule has 3 rings (SSSR count). The molecule has 1 heteroatoms. The van der Waals surface area contributed by atoms with Crippen molar-refractivity contribution in [1.29, 1.82) is 0 Å². The third kappa shape index (κ3) is 2.37. The first-order valence-corrected chi connectivity index (χ1v) is 6.31. The lowest BCUT2D eigenvalue weighted by Gasteiger charge is -2.06. The SMILES string of the molecule is Cc1ccc(-c2ccccc2C2=C=CC=CC=C2)o1. The summed E-state index contributed by atoms with van der Waals surface area (Å²) in [6.07, 6.45) is 9.99. The molecule has 0 bridgehead atoms. The minimum atomic E-state index is 0.896. The maximum atomic E-state index is 5.74. The summed E-state index contributed by atoms with van der Waals surface area (Å²) in [7, 11) is 0. The predicted molar refractivity (Wildman–Crippen MR) is 78.7 cm³/mol. The zero-order chi connectivity index (χ0) is 13.1. The van der Waals surface area contributed by atoms with E-state index >= 15 is 0 Å². The van der Waals surface area contributed by atoms with Crippen LogP contribution in [0.4, 0.5) is 0 Å². The van der Waals surface area contributed by atoms with Crippen molar-refractivity contribution in [1.82, 2.24) is 0 Å². The second-order valence-electron chi connectivity index (χ2n) is 4.42. The van der Waals surface area contributed by atoms with E-state index in [0.29, 0.717) is 0 Å². The van der Waals surface area contributed by atoms with E-state index < -0.39 is 0 Å². The Balaban J connectivity index is 2.15. The van der Waals surface area contributed by atoms with Crippen LogP contribution in [0.25, 0.3) is 16.9 Å². The number of hydrogen-bond acceptors (Lipinski definition) is 1. The molecule has 1 nitrogen and oxygen atoms in total. The van der Waals surface area contributed by atoms with E-state index in [1.807, 2.05) is 55.5 Å². The van der Waals surface area contributed by atoms with Crippen molar-refractivity contribution in [2.75, 3.05) is 0 Å². The second-order valence-corrected chi connectivity index (χ2v) is 4.42. The Morgan fingerprint density at radius 1 is 0.895 bits per heavy atom. The fourth-order valence-electron chi connectivity index (χ4n) is 2.14. The number of furan rings is 1. The van der Waals surface area contributed by atoms with Crippen molar-refractivity contribution >= 4 is 5.57 Å². The van der Waals surface area contributed by atoms with Crippen LogP contribution in [0.2, 0.25) is 0 Å². The summed E-state index contributed by atoms with van der Waals surface area (Å²) in [6, 6.07) is 12.2. The highest BCUT2D eigenvalue weighted by molar-refractivity contribution is 5.84. The summed E-state index contributed by atoms with van der Waals surface area (Å²) >= 11 is 0. The summed E-state index contributed by atoms with van der Waals surface area (Å²) in [5, 5.41) is 0. The standard InChI is InChI=1S/C18H14O/c1-14-12-13-18(19-14)17-11-7-6-10-16(17)15-8-4-2-3-5-9-15/h2-8,10-13H,1H3. The van der Waals surface area contributed by atoms with E-state index in [-0.39, 0.29) is 0 Å². The molecule has 0 aliphatic heterocycles. The van der Waals surface area contributed by atoms with Crippen molar-refractivity contribution in [3.8, 4) is 11.3 Å².